The molecule has 1 heterocycles. The standard InChI is InChI=1S/C15H11ClN2OS/c16-11-6-7-13-12(8-11)14(19)18-15(17-13)20-9-10-4-2-1-3-5-10/h1-8H,9H2,(H,17,18,19). The maximum atomic E-state index is 12.0. The van der Waals surface area contributed by atoms with Crippen LogP contribution >= 0.6 is 23.4 Å². The zero-order valence-corrected chi connectivity index (χ0v) is 12.0. The number of aromatic nitrogens is 2. The highest BCUT2D eigenvalue weighted by Gasteiger charge is 2.05. The highest BCUT2D eigenvalue weighted by Crippen LogP contribution is 2.21. The molecular weight excluding hydrogens is 292 g/mol. The number of hydrogen-bond acceptors (Lipinski definition) is 3. The van der Waals surface area contributed by atoms with E-state index in [9.17, 15) is 4.79 Å². The van der Waals surface area contributed by atoms with Gasteiger partial charge in [-0.25, -0.2) is 4.98 Å². The Morgan fingerprint density at radius 2 is 1.95 bits per heavy atom. The smallest absolute Gasteiger partial charge is 0.259 e. The first-order chi connectivity index (χ1) is 9.72. The van der Waals surface area contributed by atoms with Crippen molar-refractivity contribution in [2.45, 2.75) is 10.9 Å². The van der Waals surface area contributed by atoms with Crippen LogP contribution in [0.2, 0.25) is 5.02 Å². The lowest BCUT2D eigenvalue weighted by molar-refractivity contribution is 0.973. The molecule has 5 heteroatoms. The summed E-state index contributed by atoms with van der Waals surface area (Å²) < 4.78 is 0. The van der Waals surface area contributed by atoms with Crippen LogP contribution in [0.4, 0.5) is 0 Å². The lowest BCUT2D eigenvalue weighted by Crippen LogP contribution is -2.09. The summed E-state index contributed by atoms with van der Waals surface area (Å²) in [5.41, 5.74) is 1.69. The van der Waals surface area contributed by atoms with Crippen LogP contribution < -0.4 is 5.56 Å². The van der Waals surface area contributed by atoms with Crippen molar-refractivity contribution in [1.29, 1.82) is 0 Å². The highest BCUT2D eigenvalue weighted by atomic mass is 35.5. The average Bonchev–Trinajstić information content (AvgIpc) is 2.47. The van der Waals surface area contributed by atoms with Crippen LogP contribution in [0.5, 0.6) is 0 Å². The van der Waals surface area contributed by atoms with Gasteiger partial charge >= 0.3 is 0 Å². The van der Waals surface area contributed by atoms with E-state index in [0.29, 0.717) is 21.1 Å². The molecule has 0 spiro atoms. The zero-order valence-electron chi connectivity index (χ0n) is 10.5. The molecular formula is C15H11ClN2OS. The molecule has 1 aromatic heterocycles. The van der Waals surface area contributed by atoms with Gasteiger partial charge in [0.2, 0.25) is 0 Å². The summed E-state index contributed by atoms with van der Waals surface area (Å²) in [6.07, 6.45) is 0. The van der Waals surface area contributed by atoms with Crippen molar-refractivity contribution in [3.8, 4) is 0 Å². The lowest BCUT2D eigenvalue weighted by Gasteiger charge is -2.03. The molecule has 0 aliphatic carbocycles. The lowest BCUT2D eigenvalue weighted by atomic mass is 10.2. The van der Waals surface area contributed by atoms with Gasteiger partial charge in [0.25, 0.3) is 5.56 Å². The number of halogens is 1. The fourth-order valence-corrected chi connectivity index (χ4v) is 2.88. The SMILES string of the molecule is O=c1[nH]c(SCc2ccccc2)nc2ccc(Cl)cc12. The number of hydrogen-bond donors (Lipinski definition) is 1. The van der Waals surface area contributed by atoms with E-state index in [4.69, 9.17) is 11.6 Å². The molecule has 0 bridgehead atoms. The summed E-state index contributed by atoms with van der Waals surface area (Å²) in [5.74, 6) is 0.767. The van der Waals surface area contributed by atoms with Gasteiger partial charge < -0.3 is 4.98 Å². The number of thioether (sulfide) groups is 1. The largest absolute Gasteiger partial charge is 0.301 e. The third-order valence-corrected chi connectivity index (χ3v) is 4.04. The summed E-state index contributed by atoms with van der Waals surface area (Å²) in [7, 11) is 0. The second kappa shape index (κ2) is 5.69. The van der Waals surface area contributed by atoms with Gasteiger partial charge in [0.05, 0.1) is 10.9 Å². The first kappa shape index (κ1) is 13.2. The van der Waals surface area contributed by atoms with Crippen LogP contribution in [-0.4, -0.2) is 9.97 Å². The number of nitrogens with zero attached hydrogens (tertiary/aromatic N) is 1. The minimum absolute atomic E-state index is 0.159. The summed E-state index contributed by atoms with van der Waals surface area (Å²) >= 11 is 7.39. The third-order valence-electron chi connectivity index (χ3n) is 2.86. The Labute approximate surface area is 125 Å². The van der Waals surface area contributed by atoms with Crippen LogP contribution in [0.1, 0.15) is 5.56 Å². The molecule has 0 radical (unpaired) electrons. The molecule has 3 nitrogen and oxygen atoms in total. The van der Waals surface area contributed by atoms with E-state index in [1.807, 2.05) is 30.3 Å². The molecule has 3 rings (SSSR count). The van der Waals surface area contributed by atoms with Crippen LogP contribution in [0.15, 0.2) is 58.5 Å². The van der Waals surface area contributed by atoms with Crippen LogP contribution in [0, 0.1) is 0 Å². The zero-order chi connectivity index (χ0) is 13.9. The summed E-state index contributed by atoms with van der Waals surface area (Å²) in [6.45, 7) is 0. The van der Waals surface area contributed by atoms with Crippen LogP contribution in [-0.2, 0) is 5.75 Å². The second-order valence-corrected chi connectivity index (χ2v) is 5.71. The van der Waals surface area contributed by atoms with Gasteiger partial charge in [0, 0.05) is 10.8 Å². The number of fused-ring (bicyclic) bond motifs is 1. The van der Waals surface area contributed by atoms with Gasteiger partial charge in [-0.05, 0) is 23.8 Å². The Bertz CT molecular complexity index is 802. The first-order valence-electron chi connectivity index (χ1n) is 6.09. The maximum Gasteiger partial charge on any atom is 0.259 e. The molecule has 0 aliphatic rings. The minimum Gasteiger partial charge on any atom is -0.301 e. The summed E-state index contributed by atoms with van der Waals surface area (Å²) in [6, 6.07) is 15.2. The number of benzene rings is 2. The van der Waals surface area contributed by atoms with Gasteiger partial charge in [-0.15, -0.1) is 0 Å². The predicted molar refractivity (Wildman–Crippen MR) is 83.4 cm³/mol. The molecule has 1 N–H and O–H groups in total. The van der Waals surface area contributed by atoms with E-state index in [0.717, 1.165) is 5.75 Å². The molecule has 3 aromatic rings. The third kappa shape index (κ3) is 2.86. The predicted octanol–water partition coefficient (Wildman–Crippen LogP) is 3.87. The Morgan fingerprint density at radius 3 is 2.75 bits per heavy atom. The maximum absolute atomic E-state index is 12.0. The topological polar surface area (TPSA) is 45.8 Å². The molecule has 2 aromatic carbocycles. The molecule has 0 fully saturated rings. The summed E-state index contributed by atoms with van der Waals surface area (Å²) in [4.78, 5) is 19.2. The molecule has 20 heavy (non-hydrogen) atoms. The number of aromatic amines is 1. The number of H-pyrrole nitrogens is 1. The highest BCUT2D eigenvalue weighted by molar-refractivity contribution is 7.98. The quantitative estimate of drug-likeness (QED) is 0.590. The average molecular weight is 303 g/mol. The molecule has 0 aliphatic heterocycles. The monoisotopic (exact) mass is 302 g/mol. The van der Waals surface area contributed by atoms with E-state index in [1.165, 1.54) is 17.3 Å². The molecule has 0 unspecified atom stereocenters. The van der Waals surface area contributed by atoms with Gasteiger partial charge in [-0.3, -0.25) is 4.79 Å². The van der Waals surface area contributed by atoms with Crippen molar-refractivity contribution in [1.82, 2.24) is 9.97 Å². The van der Waals surface area contributed by atoms with E-state index >= 15 is 0 Å². The fourth-order valence-electron chi connectivity index (χ4n) is 1.88. The number of rotatable bonds is 3. The van der Waals surface area contributed by atoms with Crippen molar-refractivity contribution in [2.24, 2.45) is 0 Å². The first-order valence-corrected chi connectivity index (χ1v) is 7.45. The van der Waals surface area contributed by atoms with Crippen molar-refractivity contribution < 1.29 is 0 Å². The molecule has 0 atom stereocenters. The van der Waals surface area contributed by atoms with Crippen LogP contribution in [0.3, 0.4) is 0 Å². The van der Waals surface area contributed by atoms with Gasteiger partial charge in [-0.1, -0.05) is 53.7 Å². The van der Waals surface area contributed by atoms with Crippen molar-refractivity contribution >= 4 is 34.3 Å². The van der Waals surface area contributed by atoms with Crippen molar-refractivity contribution in [2.75, 3.05) is 0 Å². The van der Waals surface area contributed by atoms with Crippen molar-refractivity contribution in [3.63, 3.8) is 0 Å². The van der Waals surface area contributed by atoms with E-state index in [2.05, 4.69) is 9.97 Å². The molecule has 0 saturated heterocycles. The molecule has 0 amide bonds. The Kier molecular flexibility index (Phi) is 3.76. The Hall–Kier alpha value is -1.78. The normalized spacial score (nSPS) is 10.8. The van der Waals surface area contributed by atoms with Crippen molar-refractivity contribution in [3.05, 3.63) is 69.5 Å². The number of nitrogens with one attached hydrogen (secondary N) is 1. The molecule has 100 valence electrons. The molecule has 0 saturated carbocycles. The van der Waals surface area contributed by atoms with E-state index in [-0.39, 0.29) is 5.56 Å². The second-order valence-electron chi connectivity index (χ2n) is 4.31. The van der Waals surface area contributed by atoms with E-state index < -0.39 is 0 Å². The Balaban J connectivity index is 1.89. The fraction of sp³-hybridized carbons (Fsp3) is 0.0667. The Morgan fingerprint density at radius 1 is 1.15 bits per heavy atom. The minimum atomic E-state index is -0.159. The van der Waals surface area contributed by atoms with Crippen LogP contribution in [0.25, 0.3) is 10.9 Å². The summed E-state index contributed by atoms with van der Waals surface area (Å²) in [5, 5.41) is 1.67. The van der Waals surface area contributed by atoms with Gasteiger partial charge in [0.1, 0.15) is 0 Å². The van der Waals surface area contributed by atoms with Gasteiger partial charge in [-0.2, -0.15) is 0 Å². The van der Waals surface area contributed by atoms with Gasteiger partial charge in [0.15, 0.2) is 5.16 Å². The van der Waals surface area contributed by atoms with E-state index in [1.54, 1.807) is 18.2 Å².